The summed E-state index contributed by atoms with van der Waals surface area (Å²) < 4.78 is 5.63. The van der Waals surface area contributed by atoms with Gasteiger partial charge in [0.25, 0.3) is 11.8 Å². The molecule has 0 aliphatic carbocycles. The molecule has 23 heavy (non-hydrogen) atoms. The molecule has 0 aliphatic heterocycles. The predicted molar refractivity (Wildman–Crippen MR) is 88.8 cm³/mol. The number of esters is 1. The average molecular weight is 355 g/mol. The first-order valence-corrected chi connectivity index (χ1v) is 8.10. The first-order valence-electron chi connectivity index (χ1n) is 6.90. The number of hydrogen-bond donors (Lipinski definition) is 2. The van der Waals surface area contributed by atoms with Crippen molar-refractivity contribution in [3.63, 3.8) is 0 Å². The van der Waals surface area contributed by atoms with E-state index in [1.54, 1.807) is 6.92 Å². The van der Waals surface area contributed by atoms with Crippen molar-refractivity contribution < 1.29 is 19.1 Å². The van der Waals surface area contributed by atoms with Crippen molar-refractivity contribution in [2.75, 3.05) is 19.7 Å². The molecule has 0 unspecified atom stereocenters. The molecule has 0 saturated carbocycles. The molecule has 0 atom stereocenters. The Labute approximate surface area is 141 Å². The van der Waals surface area contributed by atoms with Gasteiger partial charge in [-0.15, -0.1) is 11.3 Å². The highest BCUT2D eigenvalue weighted by Gasteiger charge is 2.17. The van der Waals surface area contributed by atoms with E-state index in [4.69, 9.17) is 16.3 Å². The normalized spacial score (nSPS) is 10.3. The molecule has 122 valence electrons. The molecular formula is C15H15ClN2O4S. The smallest absolute Gasteiger partial charge is 0.325 e. The van der Waals surface area contributed by atoms with E-state index in [2.05, 4.69) is 10.6 Å². The molecule has 0 radical (unpaired) electrons. The van der Waals surface area contributed by atoms with Crippen LogP contribution < -0.4 is 10.6 Å². The molecule has 6 nitrogen and oxygen atoms in total. The van der Waals surface area contributed by atoms with Gasteiger partial charge in [0.1, 0.15) is 11.4 Å². The zero-order valence-electron chi connectivity index (χ0n) is 12.3. The van der Waals surface area contributed by atoms with Crippen molar-refractivity contribution in [1.82, 2.24) is 10.6 Å². The van der Waals surface area contributed by atoms with Gasteiger partial charge in [-0.25, -0.2) is 0 Å². The second-order valence-corrected chi connectivity index (χ2v) is 5.97. The third kappa shape index (κ3) is 4.43. The summed E-state index contributed by atoms with van der Waals surface area (Å²) in [7, 11) is 0. The lowest BCUT2D eigenvalue weighted by Crippen LogP contribution is -2.33. The number of amides is 2. The number of rotatable bonds is 6. The lowest BCUT2D eigenvalue weighted by molar-refractivity contribution is -0.147. The monoisotopic (exact) mass is 354 g/mol. The minimum absolute atomic E-state index is 0.331. The summed E-state index contributed by atoms with van der Waals surface area (Å²) >= 11 is 7.43. The van der Waals surface area contributed by atoms with Crippen LogP contribution in [0.4, 0.5) is 0 Å². The van der Waals surface area contributed by atoms with Crippen LogP contribution in [0.25, 0.3) is 10.1 Å². The van der Waals surface area contributed by atoms with E-state index >= 15 is 0 Å². The molecule has 0 bridgehead atoms. The van der Waals surface area contributed by atoms with Crippen molar-refractivity contribution in [2.24, 2.45) is 0 Å². The van der Waals surface area contributed by atoms with E-state index in [0.717, 1.165) is 10.1 Å². The zero-order valence-corrected chi connectivity index (χ0v) is 13.9. The highest BCUT2D eigenvalue weighted by atomic mass is 35.5. The Hall–Kier alpha value is -2.12. The molecule has 2 rings (SSSR count). The Balaban J connectivity index is 1.90. The van der Waals surface area contributed by atoms with Crippen LogP contribution in [0, 0.1) is 0 Å². The molecular weight excluding hydrogens is 340 g/mol. The van der Waals surface area contributed by atoms with Crippen LogP contribution in [0.2, 0.25) is 5.02 Å². The Morgan fingerprint density at radius 2 is 1.96 bits per heavy atom. The number of ether oxygens (including phenoxy) is 1. The van der Waals surface area contributed by atoms with Gasteiger partial charge in [0.2, 0.25) is 0 Å². The minimum Gasteiger partial charge on any atom is -0.454 e. The van der Waals surface area contributed by atoms with Gasteiger partial charge in [0.15, 0.2) is 6.61 Å². The highest BCUT2D eigenvalue weighted by molar-refractivity contribution is 7.21. The van der Waals surface area contributed by atoms with E-state index in [1.165, 1.54) is 11.3 Å². The maximum Gasteiger partial charge on any atom is 0.325 e. The number of carbonyl (C=O) groups excluding carboxylic acids is 3. The van der Waals surface area contributed by atoms with Gasteiger partial charge in [0.05, 0.1) is 5.02 Å². The summed E-state index contributed by atoms with van der Waals surface area (Å²) in [5.41, 5.74) is 0. The van der Waals surface area contributed by atoms with Crippen molar-refractivity contribution in [3.8, 4) is 0 Å². The Morgan fingerprint density at radius 3 is 2.65 bits per heavy atom. The van der Waals surface area contributed by atoms with Crippen LogP contribution in [0.5, 0.6) is 0 Å². The molecule has 1 aromatic heterocycles. The number of thiophene rings is 1. The molecule has 0 spiro atoms. The second kappa shape index (κ2) is 7.94. The standard InChI is InChI=1S/C15H15ClN2O4S/c1-2-17-11(19)8-22-12(20)7-18-15(21)14-13(16)9-5-3-4-6-10(9)23-14/h3-6H,2,7-8H2,1H3,(H,17,19)(H,18,21). The summed E-state index contributed by atoms with van der Waals surface area (Å²) in [6.07, 6.45) is 0. The lowest BCUT2D eigenvalue weighted by Gasteiger charge is -2.06. The van der Waals surface area contributed by atoms with Crippen LogP contribution in [0.1, 0.15) is 16.6 Å². The molecule has 2 amide bonds. The van der Waals surface area contributed by atoms with Gasteiger partial charge < -0.3 is 15.4 Å². The summed E-state index contributed by atoms with van der Waals surface area (Å²) in [6, 6.07) is 7.38. The third-order valence-corrected chi connectivity index (χ3v) is 4.55. The number of likely N-dealkylation sites (N-methyl/N-ethyl adjacent to an activating group) is 1. The fourth-order valence-corrected chi connectivity index (χ4v) is 3.27. The third-order valence-electron chi connectivity index (χ3n) is 2.87. The van der Waals surface area contributed by atoms with Gasteiger partial charge in [-0.2, -0.15) is 0 Å². The number of fused-ring (bicyclic) bond motifs is 1. The number of nitrogens with one attached hydrogen (secondary N) is 2. The summed E-state index contributed by atoms with van der Waals surface area (Å²) in [6.45, 7) is 1.52. The number of halogens is 1. The molecule has 0 aliphatic rings. The minimum atomic E-state index is -0.693. The molecule has 0 fully saturated rings. The van der Waals surface area contributed by atoms with E-state index in [0.29, 0.717) is 16.4 Å². The highest BCUT2D eigenvalue weighted by Crippen LogP contribution is 2.34. The van der Waals surface area contributed by atoms with Crippen molar-refractivity contribution in [2.45, 2.75) is 6.92 Å². The topological polar surface area (TPSA) is 84.5 Å². The van der Waals surface area contributed by atoms with Gasteiger partial charge in [-0.05, 0) is 13.0 Å². The van der Waals surface area contributed by atoms with Gasteiger partial charge >= 0.3 is 5.97 Å². The molecule has 1 heterocycles. The first kappa shape index (κ1) is 17.2. The van der Waals surface area contributed by atoms with Crippen LogP contribution in [-0.4, -0.2) is 37.5 Å². The van der Waals surface area contributed by atoms with E-state index in [-0.39, 0.29) is 19.1 Å². The van der Waals surface area contributed by atoms with Crippen LogP contribution >= 0.6 is 22.9 Å². The summed E-state index contributed by atoms with van der Waals surface area (Å²) in [5, 5.41) is 6.09. The summed E-state index contributed by atoms with van der Waals surface area (Å²) in [5.74, 6) is -1.53. The average Bonchev–Trinajstić information content (AvgIpc) is 2.88. The van der Waals surface area contributed by atoms with Crippen molar-refractivity contribution in [3.05, 3.63) is 34.2 Å². The summed E-state index contributed by atoms with van der Waals surface area (Å²) in [4.78, 5) is 35.1. The number of hydrogen-bond acceptors (Lipinski definition) is 5. The molecule has 1 aromatic carbocycles. The lowest BCUT2D eigenvalue weighted by atomic mass is 10.2. The molecule has 2 aromatic rings. The number of carbonyl (C=O) groups is 3. The zero-order chi connectivity index (χ0) is 16.8. The van der Waals surface area contributed by atoms with Crippen LogP contribution in [0.15, 0.2) is 24.3 Å². The Bertz CT molecular complexity index is 744. The largest absolute Gasteiger partial charge is 0.454 e. The fourth-order valence-electron chi connectivity index (χ4n) is 1.84. The maximum absolute atomic E-state index is 12.1. The Kier molecular flexibility index (Phi) is 5.95. The van der Waals surface area contributed by atoms with Crippen LogP contribution in [-0.2, 0) is 14.3 Å². The van der Waals surface area contributed by atoms with Crippen molar-refractivity contribution >= 4 is 50.8 Å². The maximum atomic E-state index is 12.1. The second-order valence-electron chi connectivity index (χ2n) is 4.54. The van der Waals surface area contributed by atoms with Crippen molar-refractivity contribution in [1.29, 1.82) is 0 Å². The fraction of sp³-hybridized carbons (Fsp3) is 0.267. The first-order chi connectivity index (χ1) is 11.0. The molecule has 0 saturated heterocycles. The van der Waals surface area contributed by atoms with Gasteiger partial charge in [-0.1, -0.05) is 29.8 Å². The van der Waals surface area contributed by atoms with Crippen LogP contribution in [0.3, 0.4) is 0 Å². The predicted octanol–water partition coefficient (Wildman–Crippen LogP) is 1.96. The van der Waals surface area contributed by atoms with E-state index in [1.807, 2.05) is 24.3 Å². The molecule has 8 heteroatoms. The van der Waals surface area contributed by atoms with E-state index in [9.17, 15) is 14.4 Å². The van der Waals surface area contributed by atoms with Gasteiger partial charge in [0, 0.05) is 16.6 Å². The SMILES string of the molecule is CCNC(=O)COC(=O)CNC(=O)c1sc2ccccc2c1Cl. The quantitative estimate of drug-likeness (QED) is 0.777. The Morgan fingerprint density at radius 1 is 1.22 bits per heavy atom. The van der Waals surface area contributed by atoms with E-state index < -0.39 is 11.9 Å². The number of benzene rings is 1. The van der Waals surface area contributed by atoms with Gasteiger partial charge in [-0.3, -0.25) is 14.4 Å². The molecule has 2 N–H and O–H groups in total.